The fourth-order valence-corrected chi connectivity index (χ4v) is 4.23. The molecule has 1 N–H and O–H groups in total. The highest BCUT2D eigenvalue weighted by Crippen LogP contribution is 2.27. The third-order valence-electron chi connectivity index (χ3n) is 4.46. The third-order valence-corrected chi connectivity index (χ3v) is 5.22. The van der Waals surface area contributed by atoms with E-state index in [-0.39, 0.29) is 17.6 Å². The van der Waals surface area contributed by atoms with Crippen molar-refractivity contribution in [2.24, 2.45) is 0 Å². The van der Waals surface area contributed by atoms with E-state index in [2.05, 4.69) is 14.9 Å². The molecular formula is C16H23N5O3S. The molecule has 1 saturated carbocycles. The highest BCUT2D eigenvalue weighted by molar-refractivity contribution is 7.88. The molecule has 136 valence electrons. The van der Waals surface area contributed by atoms with Gasteiger partial charge in [0.25, 0.3) is 5.56 Å². The second-order valence-electron chi connectivity index (χ2n) is 6.71. The van der Waals surface area contributed by atoms with Crippen LogP contribution in [0.15, 0.2) is 23.0 Å². The molecule has 0 amide bonds. The number of aryl methyl sites for hydroxylation is 2. The minimum atomic E-state index is -3.20. The van der Waals surface area contributed by atoms with Gasteiger partial charge >= 0.3 is 0 Å². The lowest BCUT2D eigenvalue weighted by molar-refractivity contribution is 0.285. The van der Waals surface area contributed by atoms with Crippen molar-refractivity contribution in [1.29, 1.82) is 0 Å². The van der Waals surface area contributed by atoms with Crippen LogP contribution in [0.3, 0.4) is 0 Å². The third kappa shape index (κ3) is 4.16. The van der Waals surface area contributed by atoms with Crippen molar-refractivity contribution >= 4 is 10.0 Å². The van der Waals surface area contributed by atoms with Crippen LogP contribution < -0.4 is 10.3 Å². The molecular weight excluding hydrogens is 342 g/mol. The first-order valence-corrected chi connectivity index (χ1v) is 10.2. The fourth-order valence-electron chi connectivity index (χ4n) is 3.39. The van der Waals surface area contributed by atoms with Gasteiger partial charge in [-0.2, -0.15) is 5.10 Å². The Morgan fingerprint density at radius 1 is 1.12 bits per heavy atom. The van der Waals surface area contributed by atoms with Crippen molar-refractivity contribution in [2.75, 3.05) is 6.26 Å². The van der Waals surface area contributed by atoms with Crippen molar-refractivity contribution in [1.82, 2.24) is 24.3 Å². The van der Waals surface area contributed by atoms with E-state index in [1.165, 1.54) is 17.0 Å². The Balaban J connectivity index is 1.81. The Morgan fingerprint density at radius 2 is 1.80 bits per heavy atom. The zero-order chi connectivity index (χ0) is 18.2. The topological polar surface area (TPSA) is 98.9 Å². The van der Waals surface area contributed by atoms with E-state index in [9.17, 15) is 13.2 Å². The van der Waals surface area contributed by atoms with Gasteiger partial charge in [-0.05, 0) is 51.7 Å². The molecule has 2 heterocycles. The van der Waals surface area contributed by atoms with Crippen molar-refractivity contribution in [2.45, 2.75) is 51.6 Å². The van der Waals surface area contributed by atoms with Gasteiger partial charge in [0.15, 0.2) is 5.82 Å². The molecule has 0 bridgehead atoms. The molecule has 0 radical (unpaired) electrons. The predicted octanol–water partition coefficient (Wildman–Crippen LogP) is 1.08. The summed E-state index contributed by atoms with van der Waals surface area (Å²) in [4.78, 5) is 12.3. The molecule has 8 nitrogen and oxygen atoms in total. The molecule has 0 spiro atoms. The van der Waals surface area contributed by atoms with Gasteiger partial charge in [-0.1, -0.05) is 0 Å². The summed E-state index contributed by atoms with van der Waals surface area (Å²) in [6.45, 7) is 3.86. The number of nitrogens with one attached hydrogen (secondary N) is 1. The van der Waals surface area contributed by atoms with Crippen LogP contribution in [-0.2, 0) is 10.0 Å². The fraction of sp³-hybridized carbons (Fsp3) is 0.562. The summed E-state index contributed by atoms with van der Waals surface area (Å²) < 4.78 is 28.6. The Kier molecular flexibility index (Phi) is 4.79. The summed E-state index contributed by atoms with van der Waals surface area (Å²) in [6, 6.07) is 5.05. The Morgan fingerprint density at radius 3 is 2.36 bits per heavy atom. The molecule has 3 rings (SSSR count). The molecule has 2 aromatic heterocycles. The maximum Gasteiger partial charge on any atom is 0.267 e. The molecule has 2 aromatic rings. The first-order chi connectivity index (χ1) is 11.7. The van der Waals surface area contributed by atoms with Gasteiger partial charge in [-0.3, -0.25) is 4.79 Å². The molecule has 1 aliphatic carbocycles. The van der Waals surface area contributed by atoms with Crippen molar-refractivity contribution in [3.63, 3.8) is 0 Å². The quantitative estimate of drug-likeness (QED) is 0.874. The minimum absolute atomic E-state index is 0.0259. The van der Waals surface area contributed by atoms with Gasteiger partial charge in [0.1, 0.15) is 0 Å². The second kappa shape index (κ2) is 6.72. The van der Waals surface area contributed by atoms with E-state index in [1.54, 1.807) is 10.7 Å². The Bertz CT molecular complexity index is 923. The minimum Gasteiger partial charge on any atom is -0.268 e. The number of nitrogens with zero attached hydrogens (tertiary/aromatic N) is 4. The smallest absolute Gasteiger partial charge is 0.267 e. The summed E-state index contributed by atoms with van der Waals surface area (Å²) in [6.07, 6.45) is 3.97. The summed E-state index contributed by atoms with van der Waals surface area (Å²) in [5.74, 6) is 0.613. The molecule has 0 saturated heterocycles. The largest absolute Gasteiger partial charge is 0.268 e. The summed E-state index contributed by atoms with van der Waals surface area (Å²) in [5, 5.41) is 8.92. The average molecular weight is 365 g/mol. The first kappa shape index (κ1) is 17.8. The molecule has 1 aliphatic rings. The van der Waals surface area contributed by atoms with Gasteiger partial charge in [-0.25, -0.2) is 22.5 Å². The molecule has 9 heteroatoms. The van der Waals surface area contributed by atoms with Crippen LogP contribution in [0, 0.1) is 13.8 Å². The van der Waals surface area contributed by atoms with Gasteiger partial charge in [0.05, 0.1) is 18.0 Å². The maximum atomic E-state index is 12.3. The second-order valence-corrected chi connectivity index (χ2v) is 8.49. The van der Waals surface area contributed by atoms with Crippen molar-refractivity contribution < 1.29 is 8.42 Å². The summed E-state index contributed by atoms with van der Waals surface area (Å²) in [7, 11) is -3.20. The van der Waals surface area contributed by atoms with Crippen LogP contribution in [0.2, 0.25) is 0 Å². The van der Waals surface area contributed by atoms with Gasteiger partial charge in [0.2, 0.25) is 10.0 Å². The number of hydrogen-bond acceptors (Lipinski definition) is 5. The van der Waals surface area contributed by atoms with E-state index in [4.69, 9.17) is 0 Å². The lowest BCUT2D eigenvalue weighted by Gasteiger charge is -2.29. The van der Waals surface area contributed by atoms with Crippen LogP contribution >= 0.6 is 0 Å². The monoisotopic (exact) mass is 365 g/mol. The van der Waals surface area contributed by atoms with Crippen LogP contribution in [0.4, 0.5) is 0 Å². The van der Waals surface area contributed by atoms with Gasteiger partial charge < -0.3 is 0 Å². The van der Waals surface area contributed by atoms with Crippen molar-refractivity contribution in [3.05, 3.63) is 39.9 Å². The van der Waals surface area contributed by atoms with Crippen LogP contribution in [0.5, 0.6) is 0 Å². The lowest BCUT2D eigenvalue weighted by Crippen LogP contribution is -2.39. The molecule has 0 aliphatic heterocycles. The lowest BCUT2D eigenvalue weighted by atomic mass is 9.92. The molecule has 25 heavy (non-hydrogen) atoms. The van der Waals surface area contributed by atoms with Gasteiger partial charge in [0, 0.05) is 17.8 Å². The summed E-state index contributed by atoms with van der Waals surface area (Å²) >= 11 is 0. The van der Waals surface area contributed by atoms with Crippen LogP contribution in [-0.4, -0.2) is 40.3 Å². The molecule has 0 aromatic carbocycles. The van der Waals surface area contributed by atoms with E-state index >= 15 is 0 Å². The average Bonchev–Trinajstić information content (AvgIpc) is 2.86. The highest BCUT2D eigenvalue weighted by atomic mass is 32.2. The number of sulfonamides is 1. The van der Waals surface area contributed by atoms with E-state index in [1.807, 2.05) is 19.9 Å². The van der Waals surface area contributed by atoms with E-state index in [0.29, 0.717) is 31.5 Å². The van der Waals surface area contributed by atoms with Crippen LogP contribution in [0.25, 0.3) is 5.82 Å². The molecule has 0 unspecified atom stereocenters. The molecule has 1 fully saturated rings. The SMILES string of the molecule is Cc1cc(C)n(-c2ccc(=O)n(C3CCC(NS(C)(=O)=O)CC3)n2)n1. The Hall–Kier alpha value is -2.00. The number of rotatable bonds is 4. The highest BCUT2D eigenvalue weighted by Gasteiger charge is 2.25. The zero-order valence-corrected chi connectivity index (χ0v) is 15.5. The normalized spacial score (nSPS) is 21.4. The maximum absolute atomic E-state index is 12.3. The Labute approximate surface area is 146 Å². The summed E-state index contributed by atoms with van der Waals surface area (Å²) in [5.41, 5.74) is 1.70. The standard InChI is InChI=1S/C16H23N5O3S/c1-11-10-12(2)20(17-11)15-8-9-16(22)21(18-15)14-6-4-13(5-7-14)19-25(3,23)24/h8-10,13-14,19H,4-7H2,1-3H3. The predicted molar refractivity (Wildman–Crippen MR) is 94.4 cm³/mol. The van der Waals surface area contributed by atoms with Gasteiger partial charge in [-0.15, -0.1) is 5.10 Å². The van der Waals surface area contributed by atoms with E-state index in [0.717, 1.165) is 11.4 Å². The molecule has 0 atom stereocenters. The number of hydrogen-bond donors (Lipinski definition) is 1. The van der Waals surface area contributed by atoms with Crippen molar-refractivity contribution in [3.8, 4) is 5.82 Å². The van der Waals surface area contributed by atoms with E-state index < -0.39 is 10.0 Å². The number of aromatic nitrogens is 4. The first-order valence-electron chi connectivity index (χ1n) is 8.34. The van der Waals surface area contributed by atoms with Crippen LogP contribution in [0.1, 0.15) is 43.1 Å². The zero-order valence-electron chi connectivity index (χ0n) is 14.6.